The molecule has 0 aromatic carbocycles. The van der Waals surface area contributed by atoms with Gasteiger partial charge in [-0.05, 0) is 30.9 Å². The molecule has 1 N–H and O–H groups in total. The maximum absolute atomic E-state index is 12.2. The summed E-state index contributed by atoms with van der Waals surface area (Å²) in [6.07, 6.45) is 6.98. The summed E-state index contributed by atoms with van der Waals surface area (Å²) in [5.74, 6) is 1.12. The van der Waals surface area contributed by atoms with Crippen LogP contribution in [0.1, 0.15) is 23.2 Å². The van der Waals surface area contributed by atoms with Gasteiger partial charge in [-0.3, -0.25) is 9.78 Å². The van der Waals surface area contributed by atoms with Gasteiger partial charge >= 0.3 is 0 Å². The number of carbonyl (C=O) groups excluding carboxylic acids is 1. The van der Waals surface area contributed by atoms with E-state index in [0.29, 0.717) is 28.8 Å². The van der Waals surface area contributed by atoms with Crippen LogP contribution < -0.4 is 10.1 Å². The zero-order chi connectivity index (χ0) is 14.7. The second-order valence-electron chi connectivity index (χ2n) is 4.95. The average molecular weight is 304 g/mol. The number of rotatable bonds is 5. The number of nitrogens with zero attached hydrogens (tertiary/aromatic N) is 2. The third-order valence-electron chi connectivity index (χ3n) is 3.16. The molecule has 0 atom stereocenters. The van der Waals surface area contributed by atoms with Crippen molar-refractivity contribution in [1.82, 2.24) is 15.3 Å². The topological polar surface area (TPSA) is 64.1 Å². The average Bonchev–Trinajstić information content (AvgIpc) is 3.30. The van der Waals surface area contributed by atoms with Crippen molar-refractivity contribution < 1.29 is 9.53 Å². The largest absolute Gasteiger partial charge is 0.436 e. The van der Waals surface area contributed by atoms with Crippen molar-refractivity contribution in [3.8, 4) is 11.6 Å². The van der Waals surface area contributed by atoms with E-state index in [1.54, 1.807) is 24.4 Å². The van der Waals surface area contributed by atoms with Crippen LogP contribution in [0.4, 0.5) is 0 Å². The Morgan fingerprint density at radius 3 is 3.05 bits per heavy atom. The van der Waals surface area contributed by atoms with E-state index in [1.807, 2.05) is 0 Å². The highest BCUT2D eigenvalue weighted by atomic mass is 35.5. The van der Waals surface area contributed by atoms with Crippen molar-refractivity contribution in [2.45, 2.75) is 12.8 Å². The maximum atomic E-state index is 12.2. The molecule has 0 bridgehead atoms. The molecule has 0 unspecified atom stereocenters. The fraction of sp³-hybridized carbons (Fsp3) is 0.267. The van der Waals surface area contributed by atoms with Gasteiger partial charge in [0.15, 0.2) is 0 Å². The minimum atomic E-state index is -0.181. The molecule has 5 nitrogen and oxygen atoms in total. The van der Waals surface area contributed by atoms with E-state index in [2.05, 4.69) is 15.3 Å². The Hall–Kier alpha value is -2.14. The molecular weight excluding hydrogens is 290 g/mol. The molecule has 2 aromatic rings. The normalized spacial score (nSPS) is 13.8. The summed E-state index contributed by atoms with van der Waals surface area (Å²) in [6.45, 7) is 0.700. The summed E-state index contributed by atoms with van der Waals surface area (Å²) in [5.41, 5.74) is 0.401. The van der Waals surface area contributed by atoms with E-state index >= 15 is 0 Å². The maximum Gasteiger partial charge on any atom is 0.256 e. The molecule has 1 saturated carbocycles. The van der Waals surface area contributed by atoms with Crippen LogP contribution in [0.5, 0.6) is 11.6 Å². The van der Waals surface area contributed by atoms with Crippen LogP contribution in [0.3, 0.4) is 0 Å². The van der Waals surface area contributed by atoms with Crippen molar-refractivity contribution in [3.05, 3.63) is 47.4 Å². The van der Waals surface area contributed by atoms with Crippen molar-refractivity contribution >= 4 is 17.5 Å². The molecule has 2 aromatic heterocycles. The molecule has 0 spiro atoms. The van der Waals surface area contributed by atoms with E-state index in [4.69, 9.17) is 16.3 Å². The number of nitrogens with one attached hydrogen (secondary N) is 1. The minimum absolute atomic E-state index is 0.181. The number of amides is 1. The predicted molar refractivity (Wildman–Crippen MR) is 78.6 cm³/mol. The fourth-order valence-electron chi connectivity index (χ4n) is 1.86. The number of pyridine rings is 2. The van der Waals surface area contributed by atoms with Crippen LogP contribution in [0, 0.1) is 5.92 Å². The lowest BCUT2D eigenvalue weighted by Gasteiger charge is -2.10. The van der Waals surface area contributed by atoms with Crippen molar-refractivity contribution in [3.63, 3.8) is 0 Å². The van der Waals surface area contributed by atoms with Gasteiger partial charge in [-0.15, -0.1) is 0 Å². The third kappa shape index (κ3) is 3.70. The number of hydrogen-bond donors (Lipinski definition) is 1. The quantitative estimate of drug-likeness (QED) is 0.922. The van der Waals surface area contributed by atoms with E-state index in [-0.39, 0.29) is 11.8 Å². The molecular formula is C15H14ClN3O2. The van der Waals surface area contributed by atoms with Crippen molar-refractivity contribution in [1.29, 1.82) is 0 Å². The van der Waals surface area contributed by atoms with Gasteiger partial charge in [-0.25, -0.2) is 4.98 Å². The van der Waals surface area contributed by atoms with E-state index in [0.717, 1.165) is 0 Å². The highest BCUT2D eigenvalue weighted by molar-refractivity contribution is 6.30. The van der Waals surface area contributed by atoms with E-state index < -0.39 is 0 Å². The van der Waals surface area contributed by atoms with Gasteiger partial charge in [0.2, 0.25) is 5.88 Å². The molecule has 0 aliphatic heterocycles. The SMILES string of the molecule is O=C(NCC1CC1)c1cccnc1Oc1cncc(Cl)c1. The predicted octanol–water partition coefficient (Wildman–Crippen LogP) is 3.06. The molecule has 1 amide bonds. The van der Waals surface area contributed by atoms with Gasteiger partial charge in [0.1, 0.15) is 11.3 Å². The van der Waals surface area contributed by atoms with Crippen molar-refractivity contribution in [2.75, 3.05) is 6.54 Å². The van der Waals surface area contributed by atoms with Crippen LogP contribution in [-0.4, -0.2) is 22.4 Å². The zero-order valence-corrected chi connectivity index (χ0v) is 12.0. The van der Waals surface area contributed by atoms with Crippen LogP contribution in [0.2, 0.25) is 5.02 Å². The van der Waals surface area contributed by atoms with Gasteiger partial charge in [0, 0.05) is 25.0 Å². The van der Waals surface area contributed by atoms with E-state index in [9.17, 15) is 4.79 Å². The smallest absolute Gasteiger partial charge is 0.256 e. The van der Waals surface area contributed by atoms with Crippen LogP contribution in [0.15, 0.2) is 36.8 Å². The van der Waals surface area contributed by atoms with Crippen LogP contribution >= 0.6 is 11.6 Å². The summed E-state index contributed by atoms with van der Waals surface area (Å²) in [4.78, 5) is 20.2. The third-order valence-corrected chi connectivity index (χ3v) is 3.37. The van der Waals surface area contributed by atoms with Crippen LogP contribution in [-0.2, 0) is 0 Å². The molecule has 1 aliphatic rings. The first-order valence-electron chi connectivity index (χ1n) is 6.74. The standard InChI is InChI=1S/C15H14ClN3O2/c16-11-6-12(9-17-8-11)21-15-13(2-1-5-18-15)14(20)19-7-10-3-4-10/h1-2,5-6,8-10H,3-4,7H2,(H,19,20). The molecule has 0 radical (unpaired) electrons. The molecule has 1 fully saturated rings. The molecule has 0 saturated heterocycles. The van der Waals surface area contributed by atoms with Gasteiger partial charge in [0.25, 0.3) is 5.91 Å². The van der Waals surface area contributed by atoms with Crippen LogP contribution in [0.25, 0.3) is 0 Å². The Morgan fingerprint density at radius 1 is 1.43 bits per heavy atom. The molecule has 3 rings (SSSR count). The second kappa shape index (κ2) is 6.10. The number of aromatic nitrogens is 2. The lowest BCUT2D eigenvalue weighted by atomic mass is 10.2. The Bertz CT molecular complexity index is 659. The molecule has 2 heterocycles. The monoisotopic (exact) mass is 303 g/mol. The highest BCUT2D eigenvalue weighted by Crippen LogP contribution is 2.28. The van der Waals surface area contributed by atoms with Gasteiger partial charge in [-0.2, -0.15) is 0 Å². The van der Waals surface area contributed by atoms with E-state index in [1.165, 1.54) is 25.2 Å². The first-order valence-corrected chi connectivity index (χ1v) is 7.12. The number of ether oxygens (including phenoxy) is 1. The lowest BCUT2D eigenvalue weighted by molar-refractivity contribution is 0.0949. The Labute approximate surface area is 127 Å². The Morgan fingerprint density at radius 2 is 2.29 bits per heavy atom. The minimum Gasteiger partial charge on any atom is -0.436 e. The Kier molecular flexibility index (Phi) is 4.01. The second-order valence-corrected chi connectivity index (χ2v) is 5.39. The van der Waals surface area contributed by atoms with Gasteiger partial charge in [0.05, 0.1) is 11.2 Å². The molecule has 1 aliphatic carbocycles. The first-order chi connectivity index (χ1) is 10.2. The highest BCUT2D eigenvalue weighted by Gasteiger charge is 2.23. The summed E-state index contributed by atoms with van der Waals surface area (Å²) in [5, 5.41) is 3.36. The number of halogens is 1. The fourth-order valence-corrected chi connectivity index (χ4v) is 2.02. The summed E-state index contributed by atoms with van der Waals surface area (Å²) in [7, 11) is 0. The molecule has 21 heavy (non-hydrogen) atoms. The molecule has 108 valence electrons. The summed E-state index contributed by atoms with van der Waals surface area (Å²) >= 11 is 5.86. The van der Waals surface area contributed by atoms with Crippen molar-refractivity contribution in [2.24, 2.45) is 5.92 Å². The Balaban J connectivity index is 1.76. The van der Waals surface area contributed by atoms with Gasteiger partial charge in [-0.1, -0.05) is 11.6 Å². The number of hydrogen-bond acceptors (Lipinski definition) is 4. The number of carbonyl (C=O) groups is 1. The lowest BCUT2D eigenvalue weighted by Crippen LogP contribution is -2.26. The summed E-state index contributed by atoms with van der Waals surface area (Å²) < 4.78 is 5.62. The molecule has 6 heteroatoms. The first kappa shape index (κ1) is 13.8. The summed E-state index contributed by atoms with van der Waals surface area (Å²) in [6, 6.07) is 5.01. The van der Waals surface area contributed by atoms with Gasteiger partial charge < -0.3 is 10.1 Å². The zero-order valence-electron chi connectivity index (χ0n) is 11.3.